The van der Waals surface area contributed by atoms with Crippen LogP contribution in [0.2, 0.25) is 0 Å². The number of ether oxygens (including phenoxy) is 2. The van der Waals surface area contributed by atoms with E-state index in [1.165, 1.54) is 12.8 Å². The zero-order valence-corrected chi connectivity index (χ0v) is 15.9. The first-order chi connectivity index (χ1) is 12.7. The number of carbonyl (C=O) groups excluding carboxylic acids is 2. The van der Waals surface area contributed by atoms with Gasteiger partial charge in [0.25, 0.3) is 0 Å². The van der Waals surface area contributed by atoms with E-state index in [1.54, 1.807) is 0 Å². The van der Waals surface area contributed by atoms with E-state index in [1.807, 2.05) is 0 Å². The Morgan fingerprint density at radius 2 is 1.54 bits per heavy atom. The third-order valence-corrected chi connectivity index (χ3v) is 5.45. The molecule has 0 aromatic carbocycles. The molecule has 0 aromatic rings. The fourth-order valence-electron chi connectivity index (χ4n) is 3.90. The Morgan fingerprint density at radius 3 is 2.19 bits per heavy atom. The molecule has 3 unspecified atom stereocenters. The lowest BCUT2D eigenvalue weighted by molar-refractivity contribution is -0.146. The van der Waals surface area contributed by atoms with Gasteiger partial charge in [0.2, 0.25) is 0 Å². The highest BCUT2D eigenvalue weighted by Gasteiger charge is 2.36. The lowest BCUT2D eigenvalue weighted by atomic mass is 9.95. The normalized spacial score (nSPS) is 23.3. The largest absolute Gasteiger partial charge is 0.466 e. The molecule has 2 rings (SSSR count). The van der Waals surface area contributed by atoms with Crippen molar-refractivity contribution in [2.45, 2.75) is 70.6 Å². The van der Waals surface area contributed by atoms with Crippen LogP contribution in [-0.2, 0) is 19.1 Å². The maximum atomic E-state index is 11.8. The second-order valence-electron chi connectivity index (χ2n) is 7.64. The first-order valence-corrected chi connectivity index (χ1v) is 10.3. The Hall–Kier alpha value is -1.36. The molecule has 5 nitrogen and oxygen atoms in total. The van der Waals surface area contributed by atoms with Gasteiger partial charge in [0.05, 0.1) is 13.2 Å². The average molecular weight is 366 g/mol. The molecule has 0 spiro atoms. The fraction of sp³-hybridized carbons (Fsp3) is 0.810. The quantitative estimate of drug-likeness (QED) is 0.288. The predicted molar refractivity (Wildman–Crippen MR) is 99.4 cm³/mol. The number of carbonyl (C=O) groups is 2. The molecule has 0 aromatic heterocycles. The third-order valence-electron chi connectivity index (χ3n) is 5.45. The Labute approximate surface area is 157 Å². The fourth-order valence-corrected chi connectivity index (χ4v) is 3.90. The predicted octanol–water partition coefficient (Wildman–Crippen LogP) is 3.79. The SMILES string of the molecule is O=C(CCCCCCO)OCCCCCC(=O)OCC1CC2C=CC1C2. The van der Waals surface area contributed by atoms with E-state index in [2.05, 4.69) is 12.2 Å². The van der Waals surface area contributed by atoms with Crippen molar-refractivity contribution in [1.82, 2.24) is 0 Å². The van der Waals surface area contributed by atoms with Crippen LogP contribution in [-0.4, -0.2) is 36.9 Å². The van der Waals surface area contributed by atoms with Gasteiger partial charge < -0.3 is 14.6 Å². The first kappa shape index (κ1) is 20.9. The van der Waals surface area contributed by atoms with Crippen LogP contribution >= 0.6 is 0 Å². The van der Waals surface area contributed by atoms with Crippen LogP contribution in [0, 0.1) is 17.8 Å². The molecule has 0 aliphatic heterocycles. The van der Waals surface area contributed by atoms with E-state index in [-0.39, 0.29) is 18.5 Å². The molecule has 5 heteroatoms. The summed E-state index contributed by atoms with van der Waals surface area (Å²) < 4.78 is 10.6. The van der Waals surface area contributed by atoms with E-state index in [4.69, 9.17) is 14.6 Å². The average Bonchev–Trinajstić information content (AvgIpc) is 3.26. The van der Waals surface area contributed by atoms with Crippen molar-refractivity contribution in [2.24, 2.45) is 17.8 Å². The smallest absolute Gasteiger partial charge is 0.305 e. The van der Waals surface area contributed by atoms with Crippen molar-refractivity contribution in [3.8, 4) is 0 Å². The van der Waals surface area contributed by atoms with Crippen molar-refractivity contribution in [1.29, 1.82) is 0 Å². The summed E-state index contributed by atoms with van der Waals surface area (Å²) in [6.45, 7) is 1.22. The molecule has 1 N–H and O–H groups in total. The number of hydrogen-bond acceptors (Lipinski definition) is 5. The second-order valence-corrected chi connectivity index (χ2v) is 7.64. The number of aliphatic hydroxyl groups is 1. The number of aliphatic hydroxyl groups excluding tert-OH is 1. The van der Waals surface area contributed by atoms with Crippen LogP contribution in [0.4, 0.5) is 0 Å². The lowest BCUT2D eigenvalue weighted by Crippen LogP contribution is -2.17. The van der Waals surface area contributed by atoms with Gasteiger partial charge in [0.15, 0.2) is 0 Å². The van der Waals surface area contributed by atoms with Gasteiger partial charge in [-0.15, -0.1) is 0 Å². The minimum atomic E-state index is -0.145. The summed E-state index contributed by atoms with van der Waals surface area (Å²) in [6.07, 6.45) is 13.9. The molecule has 0 heterocycles. The third kappa shape index (κ3) is 7.90. The number of esters is 2. The van der Waals surface area contributed by atoms with Crippen LogP contribution in [0.3, 0.4) is 0 Å². The van der Waals surface area contributed by atoms with E-state index in [9.17, 15) is 9.59 Å². The van der Waals surface area contributed by atoms with Gasteiger partial charge in [-0.3, -0.25) is 9.59 Å². The summed E-state index contributed by atoms with van der Waals surface area (Å²) in [5, 5.41) is 8.67. The standard InChI is InChI=1S/C21H34O5/c22-12-6-2-1-4-8-20(23)25-13-7-3-5-9-21(24)26-16-19-15-17-10-11-18(19)14-17/h10-11,17-19,22H,1-9,12-16H2. The maximum absolute atomic E-state index is 11.8. The molecule has 148 valence electrons. The minimum absolute atomic E-state index is 0.100. The van der Waals surface area contributed by atoms with Crippen LogP contribution in [0.1, 0.15) is 70.6 Å². The molecule has 0 amide bonds. The van der Waals surface area contributed by atoms with Crippen molar-refractivity contribution < 1.29 is 24.2 Å². The minimum Gasteiger partial charge on any atom is -0.466 e. The summed E-state index contributed by atoms with van der Waals surface area (Å²) in [6, 6.07) is 0. The summed E-state index contributed by atoms with van der Waals surface area (Å²) in [4.78, 5) is 23.3. The van der Waals surface area contributed by atoms with Crippen LogP contribution in [0.25, 0.3) is 0 Å². The van der Waals surface area contributed by atoms with Gasteiger partial charge >= 0.3 is 11.9 Å². The maximum Gasteiger partial charge on any atom is 0.305 e. The summed E-state index contributed by atoms with van der Waals surface area (Å²) in [5.74, 6) is 1.62. The van der Waals surface area contributed by atoms with Crippen molar-refractivity contribution in [2.75, 3.05) is 19.8 Å². The van der Waals surface area contributed by atoms with E-state index in [0.29, 0.717) is 43.8 Å². The molecule has 2 bridgehead atoms. The number of rotatable bonds is 14. The van der Waals surface area contributed by atoms with Gasteiger partial charge in [0.1, 0.15) is 0 Å². The zero-order valence-electron chi connectivity index (χ0n) is 15.9. The monoisotopic (exact) mass is 366 g/mol. The van der Waals surface area contributed by atoms with Crippen LogP contribution < -0.4 is 0 Å². The van der Waals surface area contributed by atoms with Gasteiger partial charge in [0, 0.05) is 19.4 Å². The second kappa shape index (κ2) is 12.1. The lowest BCUT2D eigenvalue weighted by Gasteiger charge is -2.17. The van der Waals surface area contributed by atoms with Gasteiger partial charge in [-0.05, 0) is 62.7 Å². The van der Waals surface area contributed by atoms with Crippen molar-refractivity contribution in [3.05, 3.63) is 12.2 Å². The Balaban J connectivity index is 1.36. The molecule has 2 aliphatic rings. The van der Waals surface area contributed by atoms with E-state index < -0.39 is 0 Å². The van der Waals surface area contributed by atoms with Crippen molar-refractivity contribution in [3.63, 3.8) is 0 Å². The molecule has 0 saturated heterocycles. The Kier molecular flexibility index (Phi) is 9.75. The number of fused-ring (bicyclic) bond motifs is 2. The summed E-state index contributed by atoms with van der Waals surface area (Å²) in [7, 11) is 0. The highest BCUT2D eigenvalue weighted by Crippen LogP contribution is 2.43. The zero-order chi connectivity index (χ0) is 18.6. The van der Waals surface area contributed by atoms with Gasteiger partial charge in [-0.1, -0.05) is 25.0 Å². The first-order valence-electron chi connectivity index (χ1n) is 10.3. The summed E-state index contributed by atoms with van der Waals surface area (Å²) in [5.41, 5.74) is 0. The number of hydrogen-bond donors (Lipinski definition) is 1. The molecular weight excluding hydrogens is 332 g/mol. The number of unbranched alkanes of at least 4 members (excludes halogenated alkanes) is 5. The molecule has 26 heavy (non-hydrogen) atoms. The van der Waals surface area contributed by atoms with Crippen LogP contribution in [0.5, 0.6) is 0 Å². The summed E-state index contributed by atoms with van der Waals surface area (Å²) >= 11 is 0. The number of allylic oxidation sites excluding steroid dienone is 2. The Morgan fingerprint density at radius 1 is 0.846 bits per heavy atom. The molecular formula is C21H34O5. The highest BCUT2D eigenvalue weighted by molar-refractivity contribution is 5.69. The van der Waals surface area contributed by atoms with Crippen LogP contribution in [0.15, 0.2) is 12.2 Å². The van der Waals surface area contributed by atoms with Gasteiger partial charge in [-0.2, -0.15) is 0 Å². The molecule has 3 atom stereocenters. The molecule has 2 aliphatic carbocycles. The van der Waals surface area contributed by atoms with Gasteiger partial charge in [-0.25, -0.2) is 0 Å². The Bertz CT molecular complexity index is 459. The molecule has 0 radical (unpaired) electrons. The van der Waals surface area contributed by atoms with E-state index >= 15 is 0 Å². The topological polar surface area (TPSA) is 72.8 Å². The molecule has 1 fully saturated rings. The van der Waals surface area contributed by atoms with E-state index in [0.717, 1.165) is 44.9 Å². The van der Waals surface area contributed by atoms with Crippen molar-refractivity contribution >= 4 is 11.9 Å². The molecule has 1 saturated carbocycles. The highest BCUT2D eigenvalue weighted by atomic mass is 16.5.